The van der Waals surface area contributed by atoms with E-state index < -0.39 is 0 Å². The Morgan fingerprint density at radius 1 is 0.460 bits per heavy atom. The lowest BCUT2D eigenvalue weighted by Gasteiger charge is -2.15. The summed E-state index contributed by atoms with van der Waals surface area (Å²) < 4.78 is 16.8. The average Bonchev–Trinajstić information content (AvgIpc) is 3.89. The molecule has 7 aromatic carbocycles. The first-order chi connectivity index (χ1) is 24.7. The monoisotopic (exact) mass is 638 g/mol. The van der Waals surface area contributed by atoms with E-state index in [9.17, 15) is 5.26 Å². The molecule has 4 aromatic heterocycles. The van der Waals surface area contributed by atoms with Crippen molar-refractivity contribution in [3.63, 3.8) is 0 Å². The molecule has 0 atom stereocenters. The Labute approximate surface area is 283 Å². The fourth-order valence-electron chi connectivity index (χ4n) is 8.00. The normalized spacial score (nSPS) is 12.0. The maximum Gasteiger partial charge on any atom is 0.212 e. The van der Waals surface area contributed by atoms with Crippen molar-refractivity contribution in [1.29, 1.82) is 5.26 Å². The minimum atomic E-state index is 0.433. The number of nitriles is 1. The number of nitrogens with zero attached hydrogens (tertiary/aromatic N) is 4. The first-order valence-electron chi connectivity index (χ1n) is 16.4. The topological polar surface area (TPSA) is 64.3 Å². The van der Waals surface area contributed by atoms with E-state index in [2.05, 4.69) is 80.7 Å². The van der Waals surface area contributed by atoms with Gasteiger partial charge in [0.1, 0.15) is 28.4 Å². The first-order valence-corrected chi connectivity index (χ1v) is 16.4. The maximum atomic E-state index is 10.8. The molecule has 6 nitrogen and oxygen atoms in total. The van der Waals surface area contributed by atoms with Gasteiger partial charge in [-0.15, -0.1) is 0 Å². The molecule has 6 heteroatoms. The standard InChI is InChI=1S/C44H22N4O2/c1-46-34-21-37(47-35-14-6-2-10-26(35)30-19-32-28-12-4-8-16-41(28)49-43(32)22-38(30)47)25(24-45)18-40(34)48-36-15-7-3-11-27(36)31-20-33-29-13-5-9-17-42(29)50-44(33)23-39(31)48/h2-23H. The van der Waals surface area contributed by atoms with Crippen LogP contribution >= 0.6 is 0 Å². The summed E-state index contributed by atoms with van der Waals surface area (Å²) in [7, 11) is 0. The number of hydrogen-bond donors (Lipinski definition) is 0. The highest BCUT2D eigenvalue weighted by Crippen LogP contribution is 2.43. The highest BCUT2D eigenvalue weighted by atomic mass is 16.3. The van der Waals surface area contributed by atoms with Crippen LogP contribution in [-0.2, 0) is 0 Å². The average molecular weight is 639 g/mol. The van der Waals surface area contributed by atoms with Crippen LogP contribution in [0.3, 0.4) is 0 Å². The largest absolute Gasteiger partial charge is 0.456 e. The van der Waals surface area contributed by atoms with Crippen LogP contribution in [-0.4, -0.2) is 9.13 Å². The molecule has 4 heterocycles. The molecule has 0 bridgehead atoms. The van der Waals surface area contributed by atoms with E-state index in [0.717, 1.165) is 87.5 Å². The van der Waals surface area contributed by atoms with Crippen molar-refractivity contribution < 1.29 is 8.83 Å². The molecular formula is C44H22N4O2. The van der Waals surface area contributed by atoms with E-state index in [1.54, 1.807) is 0 Å². The number of rotatable bonds is 2. The first kappa shape index (κ1) is 26.8. The Balaban J connectivity index is 1.22. The van der Waals surface area contributed by atoms with Gasteiger partial charge in [-0.2, -0.15) is 5.26 Å². The van der Waals surface area contributed by atoms with Gasteiger partial charge in [0.05, 0.1) is 45.6 Å². The molecule has 0 aliphatic heterocycles. The van der Waals surface area contributed by atoms with Gasteiger partial charge in [-0.05, 0) is 48.5 Å². The van der Waals surface area contributed by atoms with Gasteiger partial charge in [0.2, 0.25) is 5.69 Å². The molecule has 0 spiro atoms. The molecule has 0 N–H and O–H groups in total. The highest BCUT2D eigenvalue weighted by molar-refractivity contribution is 6.19. The van der Waals surface area contributed by atoms with Gasteiger partial charge in [-0.25, -0.2) is 4.85 Å². The predicted molar refractivity (Wildman–Crippen MR) is 201 cm³/mol. The van der Waals surface area contributed by atoms with Crippen molar-refractivity contribution in [2.24, 2.45) is 0 Å². The van der Waals surface area contributed by atoms with Gasteiger partial charge >= 0.3 is 0 Å². The minimum absolute atomic E-state index is 0.433. The fraction of sp³-hybridized carbons (Fsp3) is 0. The van der Waals surface area contributed by atoms with Crippen molar-refractivity contribution in [1.82, 2.24) is 9.13 Å². The quantitative estimate of drug-likeness (QED) is 0.177. The van der Waals surface area contributed by atoms with E-state index in [0.29, 0.717) is 22.6 Å². The highest BCUT2D eigenvalue weighted by Gasteiger charge is 2.23. The van der Waals surface area contributed by atoms with Crippen LogP contribution in [0, 0.1) is 17.9 Å². The van der Waals surface area contributed by atoms with E-state index in [1.807, 2.05) is 72.8 Å². The second-order valence-electron chi connectivity index (χ2n) is 12.7. The van der Waals surface area contributed by atoms with E-state index in [4.69, 9.17) is 15.4 Å². The second kappa shape index (κ2) is 9.64. The molecule has 0 saturated carbocycles. The van der Waals surface area contributed by atoms with Crippen molar-refractivity contribution in [2.75, 3.05) is 0 Å². The van der Waals surface area contributed by atoms with Crippen molar-refractivity contribution >= 4 is 93.2 Å². The summed E-state index contributed by atoms with van der Waals surface area (Å²) in [4.78, 5) is 4.09. The molecule has 11 aromatic rings. The SMILES string of the molecule is [C-]#[N+]c1cc(-n2c3ccccc3c3cc4c(cc32)oc2ccccc24)c(C#N)cc1-n1c2ccccc2c2cc3c(cc21)oc1ccccc13. The van der Waals surface area contributed by atoms with Gasteiger partial charge in [-0.1, -0.05) is 72.8 Å². The lowest BCUT2D eigenvalue weighted by Crippen LogP contribution is -2.01. The van der Waals surface area contributed by atoms with Crippen molar-refractivity contribution in [3.05, 3.63) is 150 Å². The Bertz CT molecular complexity index is 3130. The summed E-state index contributed by atoms with van der Waals surface area (Å²) in [5.41, 5.74) is 9.07. The molecule has 0 fully saturated rings. The van der Waals surface area contributed by atoms with Gasteiger partial charge < -0.3 is 18.0 Å². The van der Waals surface area contributed by atoms with Crippen LogP contribution in [0.1, 0.15) is 5.56 Å². The Morgan fingerprint density at radius 3 is 1.46 bits per heavy atom. The van der Waals surface area contributed by atoms with E-state index in [-0.39, 0.29) is 0 Å². The number of furan rings is 2. The minimum Gasteiger partial charge on any atom is -0.456 e. The van der Waals surface area contributed by atoms with E-state index >= 15 is 0 Å². The van der Waals surface area contributed by atoms with Crippen molar-refractivity contribution in [3.8, 4) is 17.4 Å². The van der Waals surface area contributed by atoms with Gasteiger partial charge in [0.15, 0.2) is 0 Å². The lowest BCUT2D eigenvalue weighted by molar-refractivity contribution is 0.669. The van der Waals surface area contributed by atoms with E-state index in [1.165, 1.54) is 0 Å². The second-order valence-corrected chi connectivity index (χ2v) is 12.7. The summed E-state index contributed by atoms with van der Waals surface area (Å²) in [6.07, 6.45) is 0. The molecule has 0 radical (unpaired) electrons. The molecule has 0 aliphatic carbocycles. The van der Waals surface area contributed by atoms with Crippen LogP contribution in [0.5, 0.6) is 0 Å². The molecule has 11 rings (SSSR count). The third kappa shape index (κ3) is 3.44. The zero-order valence-corrected chi connectivity index (χ0v) is 26.3. The third-order valence-corrected chi connectivity index (χ3v) is 10.2. The Morgan fingerprint density at radius 2 is 0.940 bits per heavy atom. The maximum absolute atomic E-state index is 10.8. The number of para-hydroxylation sites is 4. The third-order valence-electron chi connectivity index (χ3n) is 10.2. The van der Waals surface area contributed by atoms with Gasteiger partial charge in [-0.3, -0.25) is 0 Å². The summed E-state index contributed by atoms with van der Waals surface area (Å²) in [5.74, 6) is 0. The zero-order valence-electron chi connectivity index (χ0n) is 26.3. The number of benzene rings is 7. The molecular weight excluding hydrogens is 617 g/mol. The lowest BCUT2D eigenvalue weighted by atomic mass is 10.1. The number of fused-ring (bicyclic) bond motifs is 12. The summed E-state index contributed by atoms with van der Waals surface area (Å²) >= 11 is 0. The molecule has 0 aliphatic rings. The van der Waals surface area contributed by atoms with Crippen LogP contribution < -0.4 is 0 Å². The Hall–Kier alpha value is -7.28. The summed E-state index contributed by atoms with van der Waals surface area (Å²) in [6.45, 7) is 8.44. The van der Waals surface area contributed by atoms with Crippen molar-refractivity contribution in [2.45, 2.75) is 0 Å². The molecule has 50 heavy (non-hydrogen) atoms. The molecule has 0 amide bonds. The Kier molecular flexibility index (Phi) is 5.16. The summed E-state index contributed by atoms with van der Waals surface area (Å²) in [6, 6.07) is 47.2. The van der Waals surface area contributed by atoms with Crippen LogP contribution in [0.2, 0.25) is 0 Å². The molecule has 0 unspecified atom stereocenters. The number of aromatic nitrogens is 2. The predicted octanol–water partition coefficient (Wildman–Crippen LogP) is 12.1. The molecule has 0 saturated heterocycles. The fourth-order valence-corrected chi connectivity index (χ4v) is 8.00. The number of hydrogen-bond acceptors (Lipinski definition) is 3. The van der Waals surface area contributed by atoms with Gasteiger partial charge in [0, 0.05) is 55.2 Å². The molecule has 230 valence electrons. The van der Waals surface area contributed by atoms with Crippen LogP contribution in [0.25, 0.3) is 104 Å². The van der Waals surface area contributed by atoms with Crippen LogP contribution in [0.4, 0.5) is 5.69 Å². The smallest absolute Gasteiger partial charge is 0.212 e. The van der Waals surface area contributed by atoms with Crippen LogP contribution in [0.15, 0.2) is 142 Å². The summed E-state index contributed by atoms with van der Waals surface area (Å²) in [5, 5.41) is 19.2. The zero-order chi connectivity index (χ0) is 33.1. The van der Waals surface area contributed by atoms with Gasteiger partial charge in [0.25, 0.3) is 0 Å².